The molecule has 1 aliphatic rings. The van der Waals surface area contributed by atoms with Gasteiger partial charge in [0.05, 0.1) is 11.3 Å². The SMILES string of the molecule is O=C(Nc1nnc(N2CCCCC2)s1)Nc1ccccc1C(F)(F)F. The first-order chi connectivity index (χ1) is 11.9. The van der Waals surface area contributed by atoms with Crippen LogP contribution in [-0.2, 0) is 6.18 Å². The highest BCUT2D eigenvalue weighted by Gasteiger charge is 2.33. The molecule has 25 heavy (non-hydrogen) atoms. The van der Waals surface area contributed by atoms with Crippen LogP contribution in [0.5, 0.6) is 0 Å². The number of amides is 2. The molecule has 2 aromatic rings. The lowest BCUT2D eigenvalue weighted by Gasteiger charge is -2.25. The van der Waals surface area contributed by atoms with Gasteiger partial charge in [-0.1, -0.05) is 23.5 Å². The summed E-state index contributed by atoms with van der Waals surface area (Å²) in [6, 6.07) is 4.00. The predicted octanol–water partition coefficient (Wildman–Crippen LogP) is 4.19. The van der Waals surface area contributed by atoms with Crippen molar-refractivity contribution >= 4 is 33.3 Å². The number of rotatable bonds is 3. The fourth-order valence-corrected chi connectivity index (χ4v) is 3.36. The Hall–Kier alpha value is -2.36. The molecule has 6 nitrogen and oxygen atoms in total. The van der Waals surface area contributed by atoms with E-state index in [2.05, 4.69) is 25.7 Å². The monoisotopic (exact) mass is 371 g/mol. The number of benzene rings is 1. The second kappa shape index (κ2) is 7.26. The standard InChI is InChI=1S/C15H16F3N5OS/c16-15(17,18)10-6-2-3-7-11(10)19-12(24)20-13-21-22-14(25-13)23-8-4-1-5-9-23/h2-3,6-7H,1,4-5,8-9H2,(H2,19,20,21,24). The van der Waals surface area contributed by atoms with Crippen LogP contribution in [0.2, 0.25) is 0 Å². The molecule has 0 spiro atoms. The number of nitrogens with zero attached hydrogens (tertiary/aromatic N) is 3. The molecule has 134 valence electrons. The maximum atomic E-state index is 12.9. The summed E-state index contributed by atoms with van der Waals surface area (Å²) in [7, 11) is 0. The molecule has 1 aromatic heterocycles. The van der Waals surface area contributed by atoms with Crippen molar-refractivity contribution in [3.63, 3.8) is 0 Å². The maximum Gasteiger partial charge on any atom is 0.418 e. The third kappa shape index (κ3) is 4.38. The molecule has 0 radical (unpaired) electrons. The zero-order valence-corrected chi connectivity index (χ0v) is 14.0. The minimum atomic E-state index is -4.55. The summed E-state index contributed by atoms with van der Waals surface area (Å²) in [5.74, 6) is 0. The average Bonchev–Trinajstić information content (AvgIpc) is 3.03. The number of piperidine rings is 1. The van der Waals surface area contributed by atoms with Crippen LogP contribution in [0, 0.1) is 0 Å². The lowest BCUT2D eigenvalue weighted by atomic mass is 10.1. The van der Waals surface area contributed by atoms with Crippen LogP contribution >= 0.6 is 11.3 Å². The molecule has 1 saturated heterocycles. The minimum absolute atomic E-state index is 0.238. The van der Waals surface area contributed by atoms with Crippen molar-refractivity contribution in [1.29, 1.82) is 0 Å². The van der Waals surface area contributed by atoms with Gasteiger partial charge in [0.2, 0.25) is 10.3 Å². The molecule has 0 atom stereocenters. The number of anilines is 3. The molecule has 3 rings (SSSR count). The van der Waals surface area contributed by atoms with E-state index in [4.69, 9.17) is 0 Å². The summed E-state index contributed by atoms with van der Waals surface area (Å²) >= 11 is 1.20. The van der Waals surface area contributed by atoms with Gasteiger partial charge < -0.3 is 10.2 Å². The van der Waals surface area contributed by atoms with Gasteiger partial charge in [-0.25, -0.2) is 4.79 Å². The number of urea groups is 1. The Morgan fingerprint density at radius 1 is 1.08 bits per heavy atom. The Balaban J connectivity index is 1.65. The summed E-state index contributed by atoms with van der Waals surface area (Å²) in [4.78, 5) is 14.1. The molecule has 1 aliphatic heterocycles. The number of aromatic nitrogens is 2. The molecular formula is C15H16F3N5OS. The van der Waals surface area contributed by atoms with E-state index in [0.29, 0.717) is 5.13 Å². The van der Waals surface area contributed by atoms with Crippen molar-refractivity contribution in [2.45, 2.75) is 25.4 Å². The van der Waals surface area contributed by atoms with E-state index in [1.807, 2.05) is 0 Å². The maximum absolute atomic E-state index is 12.9. The lowest BCUT2D eigenvalue weighted by molar-refractivity contribution is -0.136. The Bertz CT molecular complexity index is 743. The van der Waals surface area contributed by atoms with E-state index in [1.165, 1.54) is 36.0 Å². The van der Waals surface area contributed by atoms with Crippen LogP contribution in [-0.4, -0.2) is 29.3 Å². The van der Waals surface area contributed by atoms with Crippen LogP contribution in [0.1, 0.15) is 24.8 Å². The number of carbonyl (C=O) groups excluding carboxylic acids is 1. The van der Waals surface area contributed by atoms with Crippen molar-refractivity contribution in [3.8, 4) is 0 Å². The number of para-hydroxylation sites is 1. The highest BCUT2D eigenvalue weighted by molar-refractivity contribution is 7.19. The molecule has 2 amide bonds. The fraction of sp³-hybridized carbons (Fsp3) is 0.400. The third-order valence-electron chi connectivity index (χ3n) is 3.74. The normalized spacial score (nSPS) is 15.1. The summed E-state index contributed by atoms with van der Waals surface area (Å²) < 4.78 is 38.8. The van der Waals surface area contributed by atoms with Gasteiger partial charge in [0.15, 0.2) is 0 Å². The zero-order chi connectivity index (χ0) is 17.9. The summed E-state index contributed by atoms with van der Waals surface area (Å²) in [5, 5.41) is 13.5. The molecule has 2 heterocycles. The van der Waals surface area contributed by atoms with E-state index in [9.17, 15) is 18.0 Å². The van der Waals surface area contributed by atoms with Gasteiger partial charge in [0.25, 0.3) is 0 Å². The molecule has 1 fully saturated rings. The summed E-state index contributed by atoms with van der Waals surface area (Å²) in [5.41, 5.74) is -1.22. The zero-order valence-electron chi connectivity index (χ0n) is 13.1. The Labute approximate surface area is 146 Å². The van der Waals surface area contributed by atoms with Gasteiger partial charge in [-0.15, -0.1) is 10.2 Å². The minimum Gasteiger partial charge on any atom is -0.347 e. The number of hydrogen-bond donors (Lipinski definition) is 2. The van der Waals surface area contributed by atoms with E-state index in [-0.39, 0.29) is 10.8 Å². The smallest absolute Gasteiger partial charge is 0.347 e. The quantitative estimate of drug-likeness (QED) is 0.849. The topological polar surface area (TPSA) is 70.2 Å². The number of hydrogen-bond acceptors (Lipinski definition) is 5. The van der Waals surface area contributed by atoms with Crippen LogP contribution in [0.25, 0.3) is 0 Å². The molecule has 0 aliphatic carbocycles. The Morgan fingerprint density at radius 2 is 1.80 bits per heavy atom. The third-order valence-corrected chi connectivity index (χ3v) is 4.64. The van der Waals surface area contributed by atoms with Gasteiger partial charge in [0.1, 0.15) is 0 Å². The fourth-order valence-electron chi connectivity index (χ4n) is 2.57. The van der Waals surface area contributed by atoms with Crippen LogP contribution < -0.4 is 15.5 Å². The van der Waals surface area contributed by atoms with Crippen LogP contribution in [0.4, 0.5) is 33.9 Å². The second-order valence-electron chi connectivity index (χ2n) is 5.56. The number of nitrogens with one attached hydrogen (secondary N) is 2. The molecular weight excluding hydrogens is 355 g/mol. The van der Waals surface area contributed by atoms with Crippen molar-refractivity contribution in [2.75, 3.05) is 28.6 Å². The Morgan fingerprint density at radius 3 is 2.52 bits per heavy atom. The van der Waals surface area contributed by atoms with Crippen molar-refractivity contribution in [1.82, 2.24) is 10.2 Å². The van der Waals surface area contributed by atoms with Gasteiger partial charge in [-0.3, -0.25) is 5.32 Å². The molecule has 10 heteroatoms. The number of carbonyl (C=O) groups is 1. The first-order valence-corrected chi connectivity index (χ1v) is 8.58. The van der Waals surface area contributed by atoms with Gasteiger partial charge in [-0.2, -0.15) is 13.2 Å². The van der Waals surface area contributed by atoms with Crippen LogP contribution in [0.15, 0.2) is 24.3 Å². The second-order valence-corrected chi connectivity index (χ2v) is 6.52. The lowest BCUT2D eigenvalue weighted by Crippen LogP contribution is -2.29. The largest absolute Gasteiger partial charge is 0.418 e. The van der Waals surface area contributed by atoms with Crippen molar-refractivity contribution in [3.05, 3.63) is 29.8 Å². The molecule has 1 aromatic carbocycles. The van der Waals surface area contributed by atoms with Crippen molar-refractivity contribution in [2.24, 2.45) is 0 Å². The highest BCUT2D eigenvalue weighted by atomic mass is 32.1. The average molecular weight is 371 g/mol. The molecule has 0 bridgehead atoms. The van der Waals surface area contributed by atoms with E-state index in [1.54, 1.807) is 0 Å². The predicted molar refractivity (Wildman–Crippen MR) is 90.1 cm³/mol. The Kier molecular flexibility index (Phi) is 5.07. The van der Waals surface area contributed by atoms with E-state index < -0.39 is 17.8 Å². The van der Waals surface area contributed by atoms with E-state index in [0.717, 1.165) is 32.0 Å². The summed E-state index contributed by atoms with van der Waals surface area (Å²) in [6.45, 7) is 1.78. The van der Waals surface area contributed by atoms with Gasteiger partial charge in [-0.05, 0) is 31.4 Å². The highest BCUT2D eigenvalue weighted by Crippen LogP contribution is 2.34. The van der Waals surface area contributed by atoms with Gasteiger partial charge >= 0.3 is 12.2 Å². The summed E-state index contributed by atoms with van der Waals surface area (Å²) in [6.07, 6.45) is -1.20. The molecule has 2 N–H and O–H groups in total. The number of alkyl halides is 3. The number of halogens is 3. The first kappa shape index (κ1) is 17.5. The van der Waals surface area contributed by atoms with Crippen LogP contribution in [0.3, 0.4) is 0 Å². The van der Waals surface area contributed by atoms with Crippen molar-refractivity contribution < 1.29 is 18.0 Å². The van der Waals surface area contributed by atoms with Gasteiger partial charge in [0, 0.05) is 13.1 Å². The first-order valence-electron chi connectivity index (χ1n) is 7.76. The molecule has 0 saturated carbocycles. The molecule has 0 unspecified atom stereocenters. The van der Waals surface area contributed by atoms with E-state index >= 15 is 0 Å².